The van der Waals surface area contributed by atoms with Crippen LogP contribution in [0.25, 0.3) is 0 Å². The summed E-state index contributed by atoms with van der Waals surface area (Å²) in [5.74, 6) is 14.5. The lowest BCUT2D eigenvalue weighted by Gasteiger charge is -2.31. The first-order chi connectivity index (χ1) is 42.6. The predicted octanol–water partition coefficient (Wildman–Crippen LogP) is 34.9. The fourth-order valence-electron chi connectivity index (χ4n) is 12.6. The van der Waals surface area contributed by atoms with Crippen LogP contribution in [0.2, 0.25) is 0 Å². The molecule has 0 bridgehead atoms. The molecule has 0 aromatic rings. The van der Waals surface area contributed by atoms with Crippen molar-refractivity contribution in [1.82, 2.24) is 0 Å². The summed E-state index contributed by atoms with van der Waals surface area (Å²) in [7, 11) is 0. The van der Waals surface area contributed by atoms with Gasteiger partial charge in [0.25, 0.3) is 0 Å². The molecule has 6 aliphatic carbocycles. The Labute approximate surface area is 594 Å². The van der Waals surface area contributed by atoms with Crippen molar-refractivity contribution in [2.45, 2.75) is 487 Å². The van der Waals surface area contributed by atoms with E-state index in [4.69, 9.17) is 0 Å². The fraction of sp³-hybridized carbons (Fsp3) is 1.00. The van der Waals surface area contributed by atoms with Gasteiger partial charge in [0.2, 0.25) is 0 Å². The molecule has 0 heterocycles. The van der Waals surface area contributed by atoms with Crippen molar-refractivity contribution in [3.8, 4) is 0 Å². The van der Waals surface area contributed by atoms with Gasteiger partial charge in [-0.15, -0.1) is 0 Å². The third kappa shape index (κ3) is 75.8. The van der Waals surface area contributed by atoms with E-state index in [-0.39, 0.29) is 0 Å². The maximum atomic E-state index is 2.40. The molecule has 0 aromatic heterocycles. The van der Waals surface area contributed by atoms with Gasteiger partial charge in [0.1, 0.15) is 0 Å². The maximum Gasteiger partial charge on any atom is -0.0323 e. The van der Waals surface area contributed by atoms with Crippen LogP contribution in [0.5, 0.6) is 0 Å². The van der Waals surface area contributed by atoms with E-state index in [1.807, 2.05) is 0 Å². The molecule has 0 nitrogen and oxygen atoms in total. The minimum absolute atomic E-state index is 0.542. The molecule has 6 saturated carbocycles. The van der Waals surface area contributed by atoms with Crippen LogP contribution >= 0.6 is 0 Å². The molecule has 0 saturated heterocycles. The van der Waals surface area contributed by atoms with E-state index in [9.17, 15) is 0 Å². The zero-order valence-electron chi connectivity index (χ0n) is 73.1. The number of hydrogen-bond acceptors (Lipinski definition) is 0. The van der Waals surface area contributed by atoms with Gasteiger partial charge >= 0.3 is 0 Å². The van der Waals surface area contributed by atoms with Crippen molar-refractivity contribution in [3.05, 3.63) is 0 Å². The minimum atomic E-state index is 0.542. The van der Waals surface area contributed by atoms with E-state index < -0.39 is 0 Å². The molecule has 6 atom stereocenters. The highest BCUT2D eigenvalue weighted by atomic mass is 14.5. The standard InChI is InChI=1S/C10H20.3C8H16.C7H14.3C7H16.C6H12.4C6H14/c1-8-9(2,3)6-7-10(8,4)5;1-6-4-7(2)8(3)5-6;1-7-5-4-6-8(7,2)3;1-6-4-5-7(2)8(6)3;1-7-5-3-2-4-6-7;1-4-5-6-7(2)3;1-4-6-7(3)5-2;1-3-5-7-6-4-2;1-2-3-6-4-5-6;1-5-6(2,3)4;2*1-4-5-6(2)3;1-4-6(3)5-2/h8H,6-7H2,1-5H3;6-8H,4-5H2,1-3H3;7H,4-6H2,1-3H3;6-8H,4-5H2,1-3H3;7H,2-6H2,1H3;2*7H,4-6H2,1-3H3;3-7H2,1-2H3;6H,2-5H2,1H3;5H2,1-4H3;3*6H,4-5H2,1-3H3/t;;;;;;7-;;;;;;/m......1....../s1. The van der Waals surface area contributed by atoms with Crippen molar-refractivity contribution >= 4 is 0 Å². The summed E-state index contributed by atoms with van der Waals surface area (Å²) in [5, 5.41) is 0. The number of hydrogen-bond donors (Lipinski definition) is 0. The lowest BCUT2D eigenvalue weighted by Crippen LogP contribution is -2.24. The second-order valence-corrected chi connectivity index (χ2v) is 37.0. The Morgan fingerprint density at radius 3 is 0.848 bits per heavy atom. The summed E-state index contributed by atoms with van der Waals surface area (Å²) in [6.07, 6.45) is 50.9. The first-order valence-corrected chi connectivity index (χ1v) is 42.6. The molecule has 0 heteroatoms. The molecular formula is C92H198. The monoisotopic (exact) mass is 1300 g/mol. The number of rotatable bonds is 18. The Morgan fingerprint density at radius 2 is 0.728 bits per heavy atom. The Kier molecular flexibility index (Phi) is 76.6. The third-order valence-corrected chi connectivity index (χ3v) is 23.2. The average Bonchev–Trinajstić information content (AvgIpc) is 1.66. The van der Waals surface area contributed by atoms with Gasteiger partial charge < -0.3 is 0 Å². The average molecular weight is 1300 g/mol. The van der Waals surface area contributed by atoms with E-state index in [0.717, 1.165) is 88.8 Å². The summed E-state index contributed by atoms with van der Waals surface area (Å²) in [5.41, 5.74) is 2.37. The van der Waals surface area contributed by atoms with E-state index in [1.54, 1.807) is 0 Å². The third-order valence-electron chi connectivity index (χ3n) is 23.2. The summed E-state index contributed by atoms with van der Waals surface area (Å²) in [6.45, 7) is 85.2. The van der Waals surface area contributed by atoms with Gasteiger partial charge in [-0.25, -0.2) is 0 Å². The van der Waals surface area contributed by atoms with Crippen LogP contribution in [0, 0.1) is 110 Å². The Morgan fingerprint density at radius 1 is 0.348 bits per heavy atom. The molecule has 566 valence electrons. The van der Waals surface area contributed by atoms with Crippen molar-refractivity contribution < 1.29 is 0 Å². The van der Waals surface area contributed by atoms with E-state index in [1.165, 1.54) is 231 Å². The molecular weight excluding hydrogens is 1110 g/mol. The Hall–Kier alpha value is 0. The highest BCUT2D eigenvalue weighted by Crippen LogP contribution is 2.53. The van der Waals surface area contributed by atoms with Crippen molar-refractivity contribution in [2.75, 3.05) is 0 Å². The SMILES string of the molecule is CC1C(C)(C)CCC1(C)C.CC1CC(C)C(C)C1.CC1CCC(C)C1C.CC1CCCC1(C)C.CC1CCCCC1.CCC(C)(C)C.CCC(C)CC.CCCC(C)C.CCCC(C)C.CCCC1CC1.CCCCC(C)C.CCCCCCC.CCC[C@H](C)CC. The first kappa shape index (κ1) is 105. The van der Waals surface area contributed by atoms with Gasteiger partial charge in [-0.05, 0) is 143 Å². The van der Waals surface area contributed by atoms with Crippen molar-refractivity contribution in [1.29, 1.82) is 0 Å². The molecule has 0 N–H and O–H groups in total. The summed E-state index contributed by atoms with van der Waals surface area (Å²) in [6, 6.07) is 0. The van der Waals surface area contributed by atoms with Crippen LogP contribution in [0.1, 0.15) is 487 Å². The lowest BCUT2D eigenvalue weighted by atomic mass is 9.74. The molecule has 0 radical (unpaired) electrons. The minimum Gasteiger partial charge on any atom is -0.0654 e. The first-order valence-electron chi connectivity index (χ1n) is 42.6. The van der Waals surface area contributed by atoms with E-state index in [0.29, 0.717) is 21.7 Å². The van der Waals surface area contributed by atoms with Crippen LogP contribution in [-0.2, 0) is 0 Å². The predicted molar refractivity (Wildman–Crippen MR) is 438 cm³/mol. The second-order valence-electron chi connectivity index (χ2n) is 37.0. The summed E-state index contributed by atoms with van der Waals surface area (Å²) >= 11 is 0. The molecule has 0 amide bonds. The number of unbranched alkanes of at least 4 members (excludes halogenated alkanes) is 5. The molecule has 6 aliphatic rings. The van der Waals surface area contributed by atoms with Crippen LogP contribution < -0.4 is 0 Å². The Bertz CT molecular complexity index is 1310. The van der Waals surface area contributed by atoms with Gasteiger partial charge in [-0.1, -0.05) is 455 Å². The zero-order chi connectivity index (χ0) is 73.1. The summed E-state index contributed by atoms with van der Waals surface area (Å²) in [4.78, 5) is 0. The highest BCUT2D eigenvalue weighted by Gasteiger charge is 2.43. The molecule has 6 fully saturated rings. The van der Waals surface area contributed by atoms with Gasteiger partial charge in [0, 0.05) is 0 Å². The molecule has 0 aliphatic heterocycles. The molecule has 92 heavy (non-hydrogen) atoms. The smallest absolute Gasteiger partial charge is 0.0323 e. The van der Waals surface area contributed by atoms with Gasteiger partial charge in [0.15, 0.2) is 0 Å². The molecule has 0 spiro atoms. The van der Waals surface area contributed by atoms with Crippen LogP contribution in [0.4, 0.5) is 0 Å². The zero-order valence-corrected chi connectivity index (χ0v) is 73.1. The topological polar surface area (TPSA) is 0 Å². The highest BCUT2D eigenvalue weighted by molar-refractivity contribution is 4.93. The largest absolute Gasteiger partial charge is 0.0654 e. The van der Waals surface area contributed by atoms with Crippen molar-refractivity contribution in [2.24, 2.45) is 110 Å². The fourth-order valence-corrected chi connectivity index (χ4v) is 12.6. The van der Waals surface area contributed by atoms with Gasteiger partial charge in [-0.3, -0.25) is 0 Å². The summed E-state index contributed by atoms with van der Waals surface area (Å²) < 4.78 is 0. The maximum absolute atomic E-state index is 2.40. The molecule has 5 unspecified atom stereocenters. The Balaban J connectivity index is -0.000000171. The van der Waals surface area contributed by atoms with Crippen molar-refractivity contribution in [3.63, 3.8) is 0 Å². The quantitative estimate of drug-likeness (QED) is 0.120. The van der Waals surface area contributed by atoms with E-state index >= 15 is 0 Å². The van der Waals surface area contributed by atoms with Gasteiger partial charge in [-0.2, -0.15) is 0 Å². The van der Waals surface area contributed by atoms with Crippen LogP contribution in [-0.4, -0.2) is 0 Å². The van der Waals surface area contributed by atoms with Crippen LogP contribution in [0.3, 0.4) is 0 Å². The second kappa shape index (κ2) is 66.9. The van der Waals surface area contributed by atoms with Crippen LogP contribution in [0.15, 0.2) is 0 Å². The molecule has 0 aromatic carbocycles. The van der Waals surface area contributed by atoms with E-state index in [2.05, 4.69) is 256 Å². The normalized spacial score (nSPS) is 23.4. The lowest BCUT2D eigenvalue weighted by molar-refractivity contribution is 0.179. The molecule has 6 rings (SSSR count). The van der Waals surface area contributed by atoms with Gasteiger partial charge in [0.05, 0.1) is 0 Å².